The molecular weight excluding hydrogens is 500 g/mol. The van der Waals surface area contributed by atoms with Crippen LogP contribution >= 0.6 is 0 Å². The first-order chi connectivity index (χ1) is 17.6. The number of rotatable bonds is 8. The van der Waals surface area contributed by atoms with Crippen molar-refractivity contribution in [2.24, 2.45) is 0 Å². The normalized spacial score (nSPS) is 22.9. The average Bonchev–Trinajstić information content (AvgIpc) is 3.43. The maximum absolute atomic E-state index is 14.1. The van der Waals surface area contributed by atoms with Gasteiger partial charge in [-0.05, 0) is 64.0 Å². The van der Waals surface area contributed by atoms with E-state index in [4.69, 9.17) is 4.52 Å². The van der Waals surface area contributed by atoms with E-state index in [1.807, 2.05) is 13.8 Å². The van der Waals surface area contributed by atoms with Crippen LogP contribution in [0.1, 0.15) is 86.8 Å². The van der Waals surface area contributed by atoms with E-state index in [1.54, 1.807) is 29.2 Å². The second-order valence-corrected chi connectivity index (χ2v) is 12.6. The van der Waals surface area contributed by atoms with Crippen molar-refractivity contribution < 1.29 is 26.5 Å². The van der Waals surface area contributed by atoms with Crippen molar-refractivity contribution in [3.63, 3.8) is 0 Å². The molecule has 7 nitrogen and oxygen atoms in total. The second kappa shape index (κ2) is 10.1. The van der Waals surface area contributed by atoms with Gasteiger partial charge in [-0.2, -0.15) is 4.31 Å². The molecule has 2 aliphatic carbocycles. The number of hydrogen-bond donors (Lipinski definition) is 0. The lowest BCUT2D eigenvalue weighted by Gasteiger charge is -2.39. The molecule has 1 aromatic heterocycles. The van der Waals surface area contributed by atoms with Crippen LogP contribution in [0.3, 0.4) is 0 Å². The van der Waals surface area contributed by atoms with Gasteiger partial charge in [-0.3, -0.25) is 4.79 Å². The van der Waals surface area contributed by atoms with Crippen LogP contribution in [0.5, 0.6) is 0 Å². The largest absolute Gasteiger partial charge is 0.360 e. The molecule has 2 saturated carbocycles. The zero-order chi connectivity index (χ0) is 26.4. The van der Waals surface area contributed by atoms with E-state index in [9.17, 15) is 22.0 Å². The summed E-state index contributed by atoms with van der Waals surface area (Å²) in [5, 5.41) is 4.30. The molecule has 1 aromatic carbocycles. The van der Waals surface area contributed by atoms with Gasteiger partial charge in [0.2, 0.25) is 21.9 Å². The second-order valence-electron chi connectivity index (χ2n) is 10.7. The molecule has 202 valence electrons. The van der Waals surface area contributed by atoms with Crippen LogP contribution in [-0.2, 0) is 27.8 Å². The van der Waals surface area contributed by atoms with Gasteiger partial charge in [0.05, 0.1) is 11.4 Å². The van der Waals surface area contributed by atoms with Crippen molar-refractivity contribution >= 4 is 15.9 Å². The number of halogens is 2. The van der Waals surface area contributed by atoms with Crippen LogP contribution in [0.4, 0.5) is 8.78 Å². The highest BCUT2D eigenvalue weighted by molar-refractivity contribution is 7.89. The third-order valence-electron chi connectivity index (χ3n) is 8.05. The highest BCUT2D eigenvalue weighted by Gasteiger charge is 2.45. The van der Waals surface area contributed by atoms with E-state index in [0.29, 0.717) is 30.9 Å². The molecule has 3 fully saturated rings. The Morgan fingerprint density at radius 2 is 1.81 bits per heavy atom. The summed E-state index contributed by atoms with van der Waals surface area (Å²) in [5.41, 5.74) is 2.58. The molecule has 0 radical (unpaired) electrons. The molecule has 1 saturated heterocycles. The van der Waals surface area contributed by atoms with E-state index in [-0.39, 0.29) is 49.6 Å². The smallest absolute Gasteiger partial charge is 0.248 e. The fraction of sp³-hybridized carbons (Fsp3) is 0.630. The number of carbonyl (C=O) groups excluding carboxylic acids is 1. The van der Waals surface area contributed by atoms with E-state index in [2.05, 4.69) is 5.16 Å². The van der Waals surface area contributed by atoms with Crippen molar-refractivity contribution in [3.05, 3.63) is 46.8 Å². The number of aryl methyl sites for hydroxylation is 1. The molecule has 10 heteroatoms. The van der Waals surface area contributed by atoms with Gasteiger partial charge >= 0.3 is 0 Å². The molecule has 5 rings (SSSR count). The number of amides is 1. The van der Waals surface area contributed by atoms with Crippen LogP contribution in [0.25, 0.3) is 0 Å². The first-order valence-electron chi connectivity index (χ1n) is 13.3. The average molecular weight is 536 g/mol. The highest BCUT2D eigenvalue weighted by Crippen LogP contribution is 2.43. The van der Waals surface area contributed by atoms with Crippen LogP contribution in [0.15, 0.2) is 33.7 Å². The Kier molecular flexibility index (Phi) is 7.17. The SMILES string of the molecule is CCc1c(CN(C(=O)[C@@H]2CCCN2S(=O)(=O)c2ccc(C)cc2)C2CCC(F)(F)CC2)noc1C1CC1. The zero-order valence-electron chi connectivity index (χ0n) is 21.5. The summed E-state index contributed by atoms with van der Waals surface area (Å²) in [5.74, 6) is -1.84. The Hall–Kier alpha value is -2.33. The minimum absolute atomic E-state index is 0.142. The molecule has 0 spiro atoms. The number of sulfonamides is 1. The molecule has 0 bridgehead atoms. The molecular formula is C27H35F2N3O4S. The quantitative estimate of drug-likeness (QED) is 0.465. The van der Waals surface area contributed by atoms with Crippen LogP contribution in [0, 0.1) is 6.92 Å². The van der Waals surface area contributed by atoms with Gasteiger partial charge < -0.3 is 9.42 Å². The lowest BCUT2D eigenvalue weighted by atomic mass is 9.90. The summed E-state index contributed by atoms with van der Waals surface area (Å²) < 4.78 is 62.0. The number of nitrogens with zero attached hydrogens (tertiary/aromatic N) is 3. The van der Waals surface area contributed by atoms with Gasteiger partial charge in [0.25, 0.3) is 0 Å². The standard InChI is InChI=1S/C27H35F2N3O4S/c1-3-22-23(30-36-25(22)19-8-9-19)17-31(20-12-14-27(28,29)15-13-20)26(33)24-5-4-16-32(24)37(34,35)21-10-6-18(2)7-11-21/h6-7,10-11,19-20,24H,3-5,8-9,12-17H2,1-2H3/t24-/m0/s1. The first kappa shape index (κ1) is 26.3. The molecule has 2 aromatic rings. The fourth-order valence-corrected chi connectivity index (χ4v) is 7.37. The van der Waals surface area contributed by atoms with E-state index in [0.717, 1.165) is 29.7 Å². The maximum Gasteiger partial charge on any atom is 0.248 e. The Balaban J connectivity index is 1.44. The minimum atomic E-state index is -3.89. The molecule has 0 unspecified atom stereocenters. The fourth-order valence-electron chi connectivity index (χ4n) is 5.72. The van der Waals surface area contributed by atoms with Gasteiger partial charge in [-0.15, -0.1) is 0 Å². The number of hydrogen-bond acceptors (Lipinski definition) is 5. The van der Waals surface area contributed by atoms with E-state index >= 15 is 0 Å². The predicted octanol–water partition coefficient (Wildman–Crippen LogP) is 5.18. The Bertz CT molecular complexity index is 1230. The zero-order valence-corrected chi connectivity index (χ0v) is 22.3. The summed E-state index contributed by atoms with van der Waals surface area (Å²) >= 11 is 0. The summed E-state index contributed by atoms with van der Waals surface area (Å²) in [6.45, 7) is 4.29. The molecule has 1 atom stereocenters. The first-order valence-corrected chi connectivity index (χ1v) is 14.8. The van der Waals surface area contributed by atoms with E-state index in [1.165, 1.54) is 4.31 Å². The molecule has 1 amide bonds. The van der Waals surface area contributed by atoms with Crippen molar-refractivity contribution in [1.29, 1.82) is 0 Å². The van der Waals surface area contributed by atoms with Crippen molar-refractivity contribution in [2.75, 3.05) is 6.54 Å². The van der Waals surface area contributed by atoms with Gasteiger partial charge in [0, 0.05) is 36.9 Å². The Morgan fingerprint density at radius 1 is 1.14 bits per heavy atom. The third-order valence-corrected chi connectivity index (χ3v) is 9.97. The molecule has 2 heterocycles. The number of aromatic nitrogens is 1. The summed E-state index contributed by atoms with van der Waals surface area (Å²) in [7, 11) is -3.89. The Morgan fingerprint density at radius 3 is 2.43 bits per heavy atom. The van der Waals surface area contributed by atoms with Crippen LogP contribution in [0.2, 0.25) is 0 Å². The predicted molar refractivity (Wildman–Crippen MR) is 134 cm³/mol. The monoisotopic (exact) mass is 535 g/mol. The van der Waals surface area contributed by atoms with Crippen LogP contribution in [-0.4, -0.2) is 53.2 Å². The molecule has 37 heavy (non-hydrogen) atoms. The van der Waals surface area contributed by atoms with Crippen molar-refractivity contribution in [1.82, 2.24) is 14.4 Å². The number of alkyl halides is 2. The Labute approximate surface area is 217 Å². The minimum Gasteiger partial charge on any atom is -0.360 e. The van der Waals surface area contributed by atoms with Crippen LogP contribution < -0.4 is 0 Å². The lowest BCUT2D eigenvalue weighted by molar-refractivity contribution is -0.141. The maximum atomic E-state index is 14.1. The summed E-state index contributed by atoms with van der Waals surface area (Å²) in [4.78, 5) is 15.9. The topological polar surface area (TPSA) is 83.7 Å². The van der Waals surface area contributed by atoms with Crippen molar-refractivity contribution in [3.8, 4) is 0 Å². The number of carbonyl (C=O) groups is 1. The summed E-state index contributed by atoms with van der Waals surface area (Å²) in [6, 6.07) is 5.34. The molecule has 3 aliphatic rings. The van der Waals surface area contributed by atoms with E-state index < -0.39 is 28.0 Å². The van der Waals surface area contributed by atoms with Crippen molar-refractivity contribution in [2.45, 2.75) is 107 Å². The van der Waals surface area contributed by atoms with Gasteiger partial charge in [-0.25, -0.2) is 17.2 Å². The summed E-state index contributed by atoms with van der Waals surface area (Å²) in [6.07, 6.45) is 3.53. The van der Waals surface area contributed by atoms with Gasteiger partial charge in [-0.1, -0.05) is 29.8 Å². The third kappa shape index (κ3) is 5.32. The molecule has 0 N–H and O–H groups in total. The number of benzene rings is 1. The highest BCUT2D eigenvalue weighted by atomic mass is 32.2. The van der Waals surface area contributed by atoms with Gasteiger partial charge in [0.1, 0.15) is 17.5 Å². The lowest BCUT2D eigenvalue weighted by Crippen LogP contribution is -2.52. The van der Waals surface area contributed by atoms with Gasteiger partial charge in [0.15, 0.2) is 0 Å². The molecule has 1 aliphatic heterocycles.